The van der Waals surface area contributed by atoms with Gasteiger partial charge in [-0.1, -0.05) is 18.2 Å². The molecule has 12 heteroatoms. The summed E-state index contributed by atoms with van der Waals surface area (Å²) in [5.74, 6) is -0.741. The zero-order valence-corrected chi connectivity index (χ0v) is 21.4. The maximum absolute atomic E-state index is 13.1. The molecule has 0 bridgehead atoms. The van der Waals surface area contributed by atoms with E-state index in [4.69, 9.17) is 4.74 Å². The van der Waals surface area contributed by atoms with E-state index in [1.54, 1.807) is 61.2 Å². The number of carbonyl (C=O) groups excluding carboxylic acids is 2. The Morgan fingerprint density at radius 2 is 1.76 bits per heavy atom. The lowest BCUT2D eigenvalue weighted by atomic mass is 10.1. The molecule has 0 aliphatic heterocycles. The number of aromatic nitrogens is 4. The van der Waals surface area contributed by atoms with E-state index in [0.29, 0.717) is 23.4 Å². The Hall–Kier alpha value is -5.00. The molecule has 4 aromatic rings. The number of hydrogen-bond acceptors (Lipinski definition) is 7. The highest BCUT2D eigenvalue weighted by atomic mass is 16.6. The summed E-state index contributed by atoms with van der Waals surface area (Å²) in [5, 5.41) is 25.3. The summed E-state index contributed by atoms with van der Waals surface area (Å²) in [5.41, 5.74) is 3.38. The first-order valence-corrected chi connectivity index (χ1v) is 11.8. The van der Waals surface area contributed by atoms with Crippen molar-refractivity contribution in [2.24, 2.45) is 7.05 Å². The fraction of sp³-hybridized carbons (Fsp3) is 0.231. The molecule has 4 rings (SSSR count). The molecule has 0 unspecified atom stereocenters. The minimum Gasteiger partial charge on any atom is -0.482 e. The van der Waals surface area contributed by atoms with E-state index in [2.05, 4.69) is 20.8 Å². The van der Waals surface area contributed by atoms with Gasteiger partial charge in [-0.25, -0.2) is 0 Å². The van der Waals surface area contributed by atoms with Crippen LogP contribution in [-0.2, 0) is 20.2 Å². The standard InChI is InChI=1S/C26H27N7O5/c1-5-32-24(26(35)29-20-13-27-31(4)17(20)3)21(14-28-32)30-25(34)19-8-6-7-18(12-19)15-38-23-10-9-16(2)11-22(23)33(36)37/h6-14H,5,15H2,1-4H3,(H,29,35)(H,30,34). The number of hydrogen-bond donors (Lipinski definition) is 2. The molecule has 196 valence electrons. The molecular weight excluding hydrogens is 490 g/mol. The first kappa shape index (κ1) is 26.1. The van der Waals surface area contributed by atoms with E-state index in [-0.39, 0.29) is 29.4 Å². The molecule has 2 heterocycles. The Morgan fingerprint density at radius 3 is 2.45 bits per heavy atom. The first-order chi connectivity index (χ1) is 18.2. The lowest BCUT2D eigenvalue weighted by Crippen LogP contribution is -2.21. The predicted molar refractivity (Wildman–Crippen MR) is 140 cm³/mol. The van der Waals surface area contributed by atoms with Gasteiger partial charge in [0.25, 0.3) is 11.8 Å². The molecule has 38 heavy (non-hydrogen) atoms. The number of aryl methyl sites for hydroxylation is 3. The van der Waals surface area contributed by atoms with Gasteiger partial charge in [-0.15, -0.1) is 0 Å². The van der Waals surface area contributed by atoms with Crippen LogP contribution >= 0.6 is 0 Å². The van der Waals surface area contributed by atoms with Gasteiger partial charge in [-0.3, -0.25) is 29.1 Å². The van der Waals surface area contributed by atoms with Gasteiger partial charge in [-0.2, -0.15) is 10.2 Å². The van der Waals surface area contributed by atoms with Crippen LogP contribution < -0.4 is 15.4 Å². The predicted octanol–water partition coefficient (Wildman–Crippen LogP) is 4.25. The van der Waals surface area contributed by atoms with Crippen molar-refractivity contribution in [1.29, 1.82) is 0 Å². The van der Waals surface area contributed by atoms with Crippen molar-refractivity contribution < 1.29 is 19.2 Å². The Bertz CT molecular complexity index is 1520. The monoisotopic (exact) mass is 517 g/mol. The van der Waals surface area contributed by atoms with Gasteiger partial charge >= 0.3 is 5.69 Å². The zero-order valence-electron chi connectivity index (χ0n) is 21.4. The quantitative estimate of drug-likeness (QED) is 0.249. The molecule has 2 aromatic carbocycles. The van der Waals surface area contributed by atoms with Crippen molar-refractivity contribution in [2.75, 3.05) is 10.6 Å². The second-order valence-corrected chi connectivity index (χ2v) is 8.62. The molecule has 2 amide bonds. The number of amides is 2. The van der Waals surface area contributed by atoms with Gasteiger partial charge in [0, 0.05) is 25.2 Å². The van der Waals surface area contributed by atoms with Crippen molar-refractivity contribution in [3.8, 4) is 5.75 Å². The maximum Gasteiger partial charge on any atom is 0.311 e. The summed E-state index contributed by atoms with van der Waals surface area (Å²) in [6.45, 7) is 5.88. The normalized spacial score (nSPS) is 10.7. The summed E-state index contributed by atoms with van der Waals surface area (Å²) in [6, 6.07) is 11.4. The molecule has 0 fully saturated rings. The van der Waals surface area contributed by atoms with Gasteiger partial charge < -0.3 is 15.4 Å². The van der Waals surface area contributed by atoms with E-state index in [1.165, 1.54) is 16.9 Å². The summed E-state index contributed by atoms with van der Waals surface area (Å²) < 4.78 is 8.82. The van der Waals surface area contributed by atoms with Crippen molar-refractivity contribution in [1.82, 2.24) is 19.6 Å². The van der Waals surface area contributed by atoms with Crippen LogP contribution in [0.25, 0.3) is 0 Å². The zero-order chi connectivity index (χ0) is 27.4. The minimum atomic E-state index is -0.494. The van der Waals surface area contributed by atoms with Gasteiger partial charge in [0.15, 0.2) is 5.75 Å². The van der Waals surface area contributed by atoms with E-state index >= 15 is 0 Å². The molecule has 12 nitrogen and oxygen atoms in total. The number of nitro benzene ring substituents is 1. The summed E-state index contributed by atoms with van der Waals surface area (Å²) >= 11 is 0. The van der Waals surface area contributed by atoms with Gasteiger partial charge in [0.1, 0.15) is 12.3 Å². The largest absolute Gasteiger partial charge is 0.482 e. The van der Waals surface area contributed by atoms with Crippen molar-refractivity contribution in [3.63, 3.8) is 0 Å². The first-order valence-electron chi connectivity index (χ1n) is 11.8. The molecule has 0 saturated carbocycles. The number of rotatable bonds is 9. The Balaban J connectivity index is 1.50. The molecule has 0 aliphatic rings. The number of benzene rings is 2. The number of nitrogens with zero attached hydrogens (tertiary/aromatic N) is 5. The number of nitro groups is 1. The van der Waals surface area contributed by atoms with Crippen molar-refractivity contribution in [2.45, 2.75) is 33.9 Å². The van der Waals surface area contributed by atoms with Crippen molar-refractivity contribution >= 4 is 28.9 Å². The number of nitrogens with one attached hydrogen (secondary N) is 2. The molecule has 2 aromatic heterocycles. The Morgan fingerprint density at radius 1 is 1.03 bits per heavy atom. The number of ether oxygens (including phenoxy) is 1. The molecule has 0 aliphatic carbocycles. The minimum absolute atomic E-state index is 0.0247. The smallest absolute Gasteiger partial charge is 0.311 e. The molecule has 0 atom stereocenters. The van der Waals surface area contributed by atoms with Crippen LogP contribution in [0.5, 0.6) is 5.75 Å². The summed E-state index contributed by atoms with van der Waals surface area (Å²) in [7, 11) is 1.77. The molecule has 2 N–H and O–H groups in total. The van der Waals surface area contributed by atoms with E-state index < -0.39 is 16.7 Å². The van der Waals surface area contributed by atoms with E-state index in [1.807, 2.05) is 13.8 Å². The average Bonchev–Trinajstić information content (AvgIpc) is 3.45. The second-order valence-electron chi connectivity index (χ2n) is 8.62. The highest BCUT2D eigenvalue weighted by Gasteiger charge is 2.22. The lowest BCUT2D eigenvalue weighted by Gasteiger charge is -2.11. The van der Waals surface area contributed by atoms with Gasteiger partial charge in [0.2, 0.25) is 0 Å². The lowest BCUT2D eigenvalue weighted by molar-refractivity contribution is -0.386. The Labute approximate surface area is 218 Å². The van der Waals surface area contributed by atoms with Crippen LogP contribution in [0.1, 0.15) is 44.6 Å². The second kappa shape index (κ2) is 10.9. The van der Waals surface area contributed by atoms with E-state index in [0.717, 1.165) is 11.3 Å². The SMILES string of the molecule is CCn1ncc(NC(=O)c2cccc(COc3ccc(C)cc3[N+](=O)[O-])c2)c1C(=O)Nc1cnn(C)c1C. The molecule has 0 saturated heterocycles. The van der Waals surface area contributed by atoms with Crippen LogP contribution in [0.4, 0.5) is 17.1 Å². The number of anilines is 2. The third-order valence-corrected chi connectivity index (χ3v) is 5.98. The van der Waals surface area contributed by atoms with Crippen LogP contribution in [0, 0.1) is 24.0 Å². The third kappa shape index (κ3) is 5.53. The van der Waals surface area contributed by atoms with Crippen LogP contribution in [0.15, 0.2) is 54.9 Å². The van der Waals surface area contributed by atoms with Crippen LogP contribution in [-0.4, -0.2) is 36.3 Å². The third-order valence-electron chi connectivity index (χ3n) is 5.98. The highest BCUT2D eigenvalue weighted by Crippen LogP contribution is 2.28. The molecule has 0 radical (unpaired) electrons. The van der Waals surface area contributed by atoms with E-state index in [9.17, 15) is 19.7 Å². The maximum atomic E-state index is 13.1. The van der Waals surface area contributed by atoms with Crippen molar-refractivity contribution in [3.05, 3.63) is 93.1 Å². The fourth-order valence-corrected chi connectivity index (χ4v) is 3.81. The van der Waals surface area contributed by atoms with Crippen LogP contribution in [0.3, 0.4) is 0 Å². The van der Waals surface area contributed by atoms with Gasteiger partial charge in [-0.05, 0) is 50.1 Å². The number of carbonyl (C=O) groups is 2. The molecule has 0 spiro atoms. The van der Waals surface area contributed by atoms with Crippen LogP contribution in [0.2, 0.25) is 0 Å². The fourth-order valence-electron chi connectivity index (χ4n) is 3.81. The average molecular weight is 518 g/mol. The van der Waals surface area contributed by atoms with Gasteiger partial charge in [0.05, 0.1) is 34.4 Å². The highest BCUT2D eigenvalue weighted by molar-refractivity contribution is 6.11. The Kier molecular flexibility index (Phi) is 7.51. The molecular formula is C26H27N7O5. The summed E-state index contributed by atoms with van der Waals surface area (Å²) in [6.07, 6.45) is 2.98. The topological polar surface area (TPSA) is 146 Å². The summed E-state index contributed by atoms with van der Waals surface area (Å²) in [4.78, 5) is 37.0.